The second-order valence-electron chi connectivity index (χ2n) is 12.5. The van der Waals surface area contributed by atoms with Gasteiger partial charge < -0.3 is 5.32 Å². The molecule has 1 atom stereocenters. The third-order valence-electron chi connectivity index (χ3n) is 9.69. The van der Waals surface area contributed by atoms with Gasteiger partial charge in [0, 0.05) is 33.3 Å². The maximum Gasteiger partial charge on any atom is 0.234 e. The highest BCUT2D eigenvalue weighted by atomic mass is 15.3. The van der Waals surface area contributed by atoms with Gasteiger partial charge in [0.05, 0.1) is 16.6 Å². The number of aliphatic imine (C=N–C) groups is 2. The SMILES string of the molecule is c1ccc(C2N=C(n3c4ccccc4c4ccccc43)N=C(c3ccc(-c4ccc5ccc6ccc7cccnc7c6c5c4)cc3)N2)cc1. The van der Waals surface area contributed by atoms with E-state index >= 15 is 0 Å². The summed E-state index contributed by atoms with van der Waals surface area (Å²) in [5, 5.41) is 12.0. The van der Waals surface area contributed by atoms with Gasteiger partial charge in [0.25, 0.3) is 0 Å². The van der Waals surface area contributed by atoms with Gasteiger partial charge in [0.15, 0.2) is 0 Å². The standard InChI is InChI=1S/C44H29N5/c1-2-9-32(10-3-1)42-46-43(48-44(47-42)49-38-14-6-4-12-35(38)36-13-5-7-15-39(36)49)33-23-16-28(17-24-33)34-25-19-29-18-20-30-21-22-31-11-8-26-45-41(31)40(30)37(29)27-34/h1-27,42H,(H,46,47,48). The van der Waals surface area contributed by atoms with E-state index in [1.54, 1.807) is 0 Å². The van der Waals surface area contributed by atoms with E-state index in [2.05, 4.69) is 155 Å². The molecule has 1 aliphatic rings. The van der Waals surface area contributed by atoms with Crippen LogP contribution in [-0.2, 0) is 0 Å². The van der Waals surface area contributed by atoms with Crippen LogP contribution in [0.3, 0.4) is 0 Å². The number of para-hydroxylation sites is 2. The van der Waals surface area contributed by atoms with Gasteiger partial charge >= 0.3 is 0 Å². The summed E-state index contributed by atoms with van der Waals surface area (Å²) in [7, 11) is 0. The van der Waals surface area contributed by atoms with Crippen molar-refractivity contribution in [1.29, 1.82) is 0 Å². The van der Waals surface area contributed by atoms with E-state index in [-0.39, 0.29) is 6.17 Å². The number of hydrogen-bond donors (Lipinski definition) is 1. The Labute approximate surface area is 282 Å². The molecule has 5 heteroatoms. The molecule has 2 aromatic heterocycles. The molecule has 0 fully saturated rings. The number of amidine groups is 1. The van der Waals surface area contributed by atoms with Crippen molar-refractivity contribution in [3.05, 3.63) is 175 Å². The lowest BCUT2D eigenvalue weighted by Gasteiger charge is -2.24. The monoisotopic (exact) mass is 627 g/mol. The summed E-state index contributed by atoms with van der Waals surface area (Å²) in [6.07, 6.45) is 1.59. The van der Waals surface area contributed by atoms with Gasteiger partial charge in [-0.1, -0.05) is 133 Å². The van der Waals surface area contributed by atoms with Gasteiger partial charge in [-0.05, 0) is 57.1 Å². The molecule has 1 unspecified atom stereocenters. The van der Waals surface area contributed by atoms with Crippen molar-refractivity contribution in [2.24, 2.45) is 9.98 Å². The van der Waals surface area contributed by atoms with Crippen LogP contribution in [0.25, 0.3) is 65.4 Å². The molecule has 230 valence electrons. The molecule has 0 radical (unpaired) electrons. The first kappa shape index (κ1) is 27.5. The van der Waals surface area contributed by atoms with Crippen LogP contribution in [0.4, 0.5) is 0 Å². The summed E-state index contributed by atoms with van der Waals surface area (Å²) < 4.78 is 2.19. The number of aromatic nitrogens is 2. The molecule has 0 aliphatic carbocycles. The Balaban J connectivity index is 1.09. The first-order valence-corrected chi connectivity index (χ1v) is 16.6. The lowest BCUT2D eigenvalue weighted by Crippen LogP contribution is -2.35. The Hall–Kier alpha value is -6.59. The lowest BCUT2D eigenvalue weighted by molar-refractivity contribution is 0.668. The lowest BCUT2D eigenvalue weighted by atomic mass is 9.95. The second-order valence-corrected chi connectivity index (χ2v) is 12.5. The van der Waals surface area contributed by atoms with Crippen LogP contribution in [0, 0.1) is 0 Å². The average Bonchev–Trinajstić information content (AvgIpc) is 3.52. The summed E-state index contributed by atoms with van der Waals surface area (Å²) in [5.41, 5.74) is 7.58. The van der Waals surface area contributed by atoms with Gasteiger partial charge in [-0.2, -0.15) is 4.99 Å². The van der Waals surface area contributed by atoms with E-state index in [1.807, 2.05) is 18.3 Å². The van der Waals surface area contributed by atoms with E-state index in [1.165, 1.54) is 32.3 Å². The average molecular weight is 628 g/mol. The molecule has 0 spiro atoms. The molecule has 0 saturated carbocycles. The van der Waals surface area contributed by atoms with Crippen LogP contribution in [0.5, 0.6) is 0 Å². The molecule has 9 aromatic rings. The van der Waals surface area contributed by atoms with Crippen LogP contribution in [0.2, 0.25) is 0 Å². The largest absolute Gasteiger partial charge is 0.344 e. The number of nitrogens with zero attached hydrogens (tertiary/aromatic N) is 4. The highest BCUT2D eigenvalue weighted by Gasteiger charge is 2.23. The minimum atomic E-state index is -0.291. The fraction of sp³-hybridized carbons (Fsp3) is 0.0227. The minimum absolute atomic E-state index is 0.291. The summed E-state index contributed by atoms with van der Waals surface area (Å²) in [5.74, 6) is 1.45. The van der Waals surface area contributed by atoms with Crippen molar-refractivity contribution in [3.63, 3.8) is 0 Å². The van der Waals surface area contributed by atoms with Gasteiger partial charge in [0.1, 0.15) is 12.0 Å². The summed E-state index contributed by atoms with van der Waals surface area (Å²) >= 11 is 0. The zero-order chi connectivity index (χ0) is 32.3. The minimum Gasteiger partial charge on any atom is -0.344 e. The first-order valence-electron chi connectivity index (χ1n) is 16.6. The molecule has 49 heavy (non-hydrogen) atoms. The van der Waals surface area contributed by atoms with Crippen LogP contribution in [0.1, 0.15) is 17.3 Å². The Kier molecular flexibility index (Phi) is 6.18. The summed E-state index contributed by atoms with van der Waals surface area (Å²) in [6.45, 7) is 0. The Morgan fingerprint density at radius 1 is 0.510 bits per heavy atom. The van der Waals surface area contributed by atoms with Gasteiger partial charge in [-0.3, -0.25) is 9.55 Å². The topological polar surface area (TPSA) is 54.6 Å². The van der Waals surface area contributed by atoms with E-state index < -0.39 is 0 Å². The molecule has 1 aliphatic heterocycles. The zero-order valence-electron chi connectivity index (χ0n) is 26.5. The second kappa shape index (κ2) is 11.0. The predicted molar refractivity (Wildman–Crippen MR) is 203 cm³/mol. The quantitative estimate of drug-likeness (QED) is 0.198. The highest BCUT2D eigenvalue weighted by molar-refractivity contribution is 6.20. The van der Waals surface area contributed by atoms with E-state index in [0.29, 0.717) is 5.96 Å². The third-order valence-corrected chi connectivity index (χ3v) is 9.69. The van der Waals surface area contributed by atoms with Gasteiger partial charge in [0.2, 0.25) is 5.96 Å². The molecule has 10 rings (SSSR count). The maximum atomic E-state index is 5.19. The zero-order valence-corrected chi connectivity index (χ0v) is 26.5. The van der Waals surface area contributed by atoms with Crippen LogP contribution in [0.15, 0.2) is 174 Å². The van der Waals surface area contributed by atoms with Crippen molar-refractivity contribution < 1.29 is 0 Å². The van der Waals surface area contributed by atoms with Crippen LogP contribution < -0.4 is 5.32 Å². The predicted octanol–water partition coefficient (Wildman–Crippen LogP) is 10.3. The molecular weight excluding hydrogens is 599 g/mol. The molecule has 7 aromatic carbocycles. The number of rotatable bonds is 3. The Bertz CT molecular complexity index is 2730. The Morgan fingerprint density at radius 2 is 1.14 bits per heavy atom. The van der Waals surface area contributed by atoms with Gasteiger partial charge in [-0.15, -0.1) is 0 Å². The third kappa shape index (κ3) is 4.51. The molecule has 5 nitrogen and oxygen atoms in total. The van der Waals surface area contributed by atoms with Crippen molar-refractivity contribution >= 4 is 66.0 Å². The van der Waals surface area contributed by atoms with E-state index in [0.717, 1.165) is 50.0 Å². The molecule has 3 heterocycles. The highest BCUT2D eigenvalue weighted by Crippen LogP contribution is 2.35. The molecule has 1 N–H and O–H groups in total. The normalized spacial score (nSPS) is 14.7. The number of benzene rings is 7. The molecule has 0 amide bonds. The number of pyridine rings is 1. The van der Waals surface area contributed by atoms with Crippen molar-refractivity contribution in [2.45, 2.75) is 6.17 Å². The van der Waals surface area contributed by atoms with Crippen molar-refractivity contribution in [2.75, 3.05) is 0 Å². The van der Waals surface area contributed by atoms with Gasteiger partial charge in [-0.25, -0.2) is 4.99 Å². The van der Waals surface area contributed by atoms with E-state index in [4.69, 9.17) is 15.0 Å². The molecular formula is C44H29N5. The molecule has 0 bridgehead atoms. The van der Waals surface area contributed by atoms with Crippen molar-refractivity contribution in [3.8, 4) is 11.1 Å². The first-order chi connectivity index (χ1) is 24.3. The maximum absolute atomic E-state index is 5.19. The summed E-state index contributed by atoms with van der Waals surface area (Å²) in [4.78, 5) is 15.2. The smallest absolute Gasteiger partial charge is 0.234 e. The van der Waals surface area contributed by atoms with Crippen molar-refractivity contribution in [1.82, 2.24) is 14.9 Å². The Morgan fingerprint density at radius 3 is 1.92 bits per heavy atom. The fourth-order valence-electron chi connectivity index (χ4n) is 7.31. The molecule has 0 saturated heterocycles. The number of nitrogens with one attached hydrogen (secondary N) is 1. The van der Waals surface area contributed by atoms with Crippen LogP contribution in [-0.4, -0.2) is 21.3 Å². The fourth-order valence-corrected chi connectivity index (χ4v) is 7.31. The number of fused-ring (bicyclic) bond motifs is 8. The summed E-state index contributed by atoms with van der Waals surface area (Å²) in [6, 6.07) is 55.6. The van der Waals surface area contributed by atoms with E-state index in [9.17, 15) is 0 Å². The van der Waals surface area contributed by atoms with Crippen LogP contribution >= 0.6 is 0 Å². The number of hydrogen-bond acceptors (Lipinski definition) is 4.